The first-order valence-corrected chi connectivity index (χ1v) is 9.29. The number of carbonyl (C=O) groups is 1. The van der Waals surface area contributed by atoms with E-state index < -0.39 is 6.10 Å². The number of hydrogen-bond acceptors (Lipinski definition) is 6. The molecule has 27 heavy (non-hydrogen) atoms. The minimum atomic E-state index is -0.653. The minimum Gasteiger partial charge on any atom is -0.397 e. The fourth-order valence-electron chi connectivity index (χ4n) is 3.13. The second kappa shape index (κ2) is 6.61. The number of anilines is 2. The third-order valence-electron chi connectivity index (χ3n) is 4.52. The molecule has 0 radical (unpaired) electrons. The summed E-state index contributed by atoms with van der Waals surface area (Å²) < 4.78 is 0. The van der Waals surface area contributed by atoms with Gasteiger partial charge in [0.15, 0.2) is 0 Å². The summed E-state index contributed by atoms with van der Waals surface area (Å²) in [6.45, 7) is 3.51. The second-order valence-electron chi connectivity index (χ2n) is 6.40. The minimum absolute atomic E-state index is 0.301. The maximum atomic E-state index is 12.9. The fraction of sp³-hybridized carbons (Fsp3) is 0.150. The van der Waals surface area contributed by atoms with E-state index in [9.17, 15) is 9.90 Å². The summed E-state index contributed by atoms with van der Waals surface area (Å²) in [5, 5.41) is 15.3. The Labute approximate surface area is 159 Å². The number of thiophene rings is 1. The lowest BCUT2D eigenvalue weighted by Gasteiger charge is -2.08. The highest BCUT2D eigenvalue weighted by molar-refractivity contribution is 7.21. The average Bonchev–Trinajstić information content (AvgIpc) is 2.97. The second-order valence-corrected chi connectivity index (χ2v) is 7.40. The molecule has 1 amide bonds. The Bertz CT molecular complexity index is 1180. The first-order valence-electron chi connectivity index (χ1n) is 8.47. The molecule has 4 rings (SSSR count). The summed E-state index contributed by atoms with van der Waals surface area (Å²) in [6.07, 6.45) is 2.72. The molecule has 3 aromatic heterocycles. The van der Waals surface area contributed by atoms with Crippen LogP contribution in [0.25, 0.3) is 21.0 Å². The van der Waals surface area contributed by atoms with Crippen LogP contribution in [-0.4, -0.2) is 21.0 Å². The summed E-state index contributed by atoms with van der Waals surface area (Å²) in [5.41, 5.74) is 8.67. The molecule has 0 bridgehead atoms. The number of benzene rings is 1. The van der Waals surface area contributed by atoms with Gasteiger partial charge >= 0.3 is 0 Å². The standard InChI is InChI=1S/C20H18N4O2S/c1-10-14(11(2)25)7-15-17(21)18(27-20(15)23-10)19(26)24-16-9-22-8-12-5-3-4-6-13(12)16/h3-9,11,25H,21H2,1-2H3,(H,24,26). The van der Waals surface area contributed by atoms with E-state index in [2.05, 4.69) is 15.3 Å². The van der Waals surface area contributed by atoms with Crippen molar-refractivity contribution in [3.63, 3.8) is 0 Å². The van der Waals surface area contributed by atoms with E-state index in [-0.39, 0.29) is 5.91 Å². The van der Waals surface area contributed by atoms with E-state index in [0.717, 1.165) is 16.5 Å². The van der Waals surface area contributed by atoms with Crippen LogP contribution >= 0.6 is 11.3 Å². The highest BCUT2D eigenvalue weighted by Gasteiger charge is 2.20. The Balaban J connectivity index is 1.75. The number of carbonyl (C=O) groups excluding carboxylic acids is 1. The number of nitrogens with two attached hydrogens (primary N) is 1. The number of nitrogens with one attached hydrogen (secondary N) is 1. The van der Waals surface area contributed by atoms with E-state index in [4.69, 9.17) is 5.73 Å². The lowest BCUT2D eigenvalue weighted by atomic mass is 10.1. The van der Waals surface area contributed by atoms with Gasteiger partial charge in [-0.2, -0.15) is 0 Å². The van der Waals surface area contributed by atoms with Crippen LogP contribution < -0.4 is 11.1 Å². The number of fused-ring (bicyclic) bond motifs is 2. The largest absolute Gasteiger partial charge is 0.397 e. The molecule has 0 spiro atoms. The molecule has 0 aliphatic heterocycles. The van der Waals surface area contributed by atoms with Gasteiger partial charge in [0.25, 0.3) is 5.91 Å². The van der Waals surface area contributed by atoms with Crippen LogP contribution in [0.4, 0.5) is 11.4 Å². The van der Waals surface area contributed by atoms with E-state index in [1.807, 2.05) is 37.3 Å². The van der Waals surface area contributed by atoms with Crippen molar-refractivity contribution in [1.82, 2.24) is 9.97 Å². The van der Waals surface area contributed by atoms with Gasteiger partial charge in [-0.25, -0.2) is 4.98 Å². The molecule has 1 unspecified atom stereocenters. The Morgan fingerprint density at radius 2 is 2.04 bits per heavy atom. The van der Waals surface area contributed by atoms with Gasteiger partial charge in [-0.15, -0.1) is 11.3 Å². The van der Waals surface area contributed by atoms with Gasteiger partial charge in [0.1, 0.15) is 9.71 Å². The van der Waals surface area contributed by atoms with Gasteiger partial charge < -0.3 is 16.2 Å². The Hall–Kier alpha value is -3.03. The predicted molar refractivity (Wildman–Crippen MR) is 109 cm³/mol. The van der Waals surface area contributed by atoms with Crippen molar-refractivity contribution in [2.45, 2.75) is 20.0 Å². The SMILES string of the molecule is Cc1nc2sc(C(=O)Nc3cncc4ccccc34)c(N)c2cc1C(C)O. The monoisotopic (exact) mass is 378 g/mol. The third kappa shape index (κ3) is 3.01. The molecule has 0 saturated carbocycles. The van der Waals surface area contributed by atoms with Gasteiger partial charge in [-0.1, -0.05) is 24.3 Å². The number of aromatic nitrogens is 2. The Morgan fingerprint density at radius 1 is 1.26 bits per heavy atom. The highest BCUT2D eigenvalue weighted by Crippen LogP contribution is 2.35. The van der Waals surface area contributed by atoms with Crippen LogP contribution in [0.15, 0.2) is 42.7 Å². The van der Waals surface area contributed by atoms with Gasteiger partial charge in [0.2, 0.25) is 0 Å². The van der Waals surface area contributed by atoms with E-state index >= 15 is 0 Å². The van der Waals surface area contributed by atoms with Crippen molar-refractivity contribution in [2.75, 3.05) is 11.1 Å². The summed E-state index contributed by atoms with van der Waals surface area (Å²) in [6, 6.07) is 9.52. The number of amides is 1. The molecule has 0 saturated heterocycles. The number of aliphatic hydroxyl groups excluding tert-OH is 1. The predicted octanol–water partition coefficient (Wildman–Crippen LogP) is 4.04. The van der Waals surface area contributed by atoms with Crippen LogP contribution in [0.2, 0.25) is 0 Å². The normalized spacial score (nSPS) is 12.4. The molecule has 1 atom stereocenters. The third-order valence-corrected chi connectivity index (χ3v) is 5.64. The molecule has 4 aromatic rings. The van der Waals surface area contributed by atoms with E-state index in [0.29, 0.717) is 32.0 Å². The zero-order valence-electron chi connectivity index (χ0n) is 14.9. The van der Waals surface area contributed by atoms with Crippen LogP contribution in [0.1, 0.15) is 34.0 Å². The van der Waals surface area contributed by atoms with Gasteiger partial charge in [-0.3, -0.25) is 9.78 Å². The first kappa shape index (κ1) is 17.4. The Morgan fingerprint density at radius 3 is 2.81 bits per heavy atom. The number of rotatable bonds is 3. The molecular weight excluding hydrogens is 360 g/mol. The molecule has 7 heteroatoms. The first-order chi connectivity index (χ1) is 13.0. The van der Waals surface area contributed by atoms with Crippen LogP contribution in [0.3, 0.4) is 0 Å². The Kier molecular flexibility index (Phi) is 4.25. The van der Waals surface area contributed by atoms with Crippen LogP contribution in [-0.2, 0) is 0 Å². The quantitative estimate of drug-likeness (QED) is 0.499. The van der Waals surface area contributed by atoms with Gasteiger partial charge in [0.05, 0.1) is 23.7 Å². The van der Waals surface area contributed by atoms with Gasteiger partial charge in [-0.05, 0) is 19.9 Å². The van der Waals surface area contributed by atoms with Crippen molar-refractivity contribution in [3.05, 3.63) is 58.9 Å². The number of hydrogen-bond donors (Lipinski definition) is 3. The number of nitrogen functional groups attached to an aromatic ring is 1. The zero-order valence-corrected chi connectivity index (χ0v) is 15.7. The number of nitrogens with zero attached hydrogens (tertiary/aromatic N) is 2. The number of aliphatic hydroxyl groups is 1. The molecule has 4 N–H and O–H groups in total. The van der Waals surface area contributed by atoms with E-state index in [1.54, 1.807) is 19.3 Å². The van der Waals surface area contributed by atoms with Crippen molar-refractivity contribution in [1.29, 1.82) is 0 Å². The summed E-state index contributed by atoms with van der Waals surface area (Å²) >= 11 is 1.24. The van der Waals surface area contributed by atoms with Crippen LogP contribution in [0.5, 0.6) is 0 Å². The van der Waals surface area contributed by atoms with Crippen molar-refractivity contribution in [2.24, 2.45) is 0 Å². The topological polar surface area (TPSA) is 101 Å². The van der Waals surface area contributed by atoms with Crippen molar-refractivity contribution < 1.29 is 9.90 Å². The molecule has 0 aliphatic rings. The highest BCUT2D eigenvalue weighted by atomic mass is 32.1. The smallest absolute Gasteiger partial charge is 0.268 e. The maximum absolute atomic E-state index is 12.9. The fourth-order valence-corrected chi connectivity index (χ4v) is 4.15. The molecule has 6 nitrogen and oxygen atoms in total. The number of aryl methyl sites for hydroxylation is 1. The summed E-state index contributed by atoms with van der Waals surface area (Å²) in [5.74, 6) is -0.301. The molecule has 1 aromatic carbocycles. The molecule has 136 valence electrons. The van der Waals surface area contributed by atoms with Crippen LogP contribution in [0, 0.1) is 6.92 Å². The molecule has 3 heterocycles. The van der Waals surface area contributed by atoms with Gasteiger partial charge in [0, 0.05) is 33.6 Å². The summed E-state index contributed by atoms with van der Waals surface area (Å²) in [7, 11) is 0. The zero-order chi connectivity index (χ0) is 19.1. The van der Waals surface area contributed by atoms with Crippen molar-refractivity contribution in [3.8, 4) is 0 Å². The maximum Gasteiger partial charge on any atom is 0.268 e. The average molecular weight is 378 g/mol. The number of pyridine rings is 2. The van der Waals surface area contributed by atoms with Crippen molar-refractivity contribution >= 4 is 49.6 Å². The lowest BCUT2D eigenvalue weighted by molar-refractivity contribution is 0.103. The molecule has 0 fully saturated rings. The van der Waals surface area contributed by atoms with E-state index in [1.165, 1.54) is 11.3 Å². The molecule has 0 aliphatic carbocycles. The molecular formula is C20H18N4O2S. The lowest BCUT2D eigenvalue weighted by Crippen LogP contribution is -2.12. The summed E-state index contributed by atoms with van der Waals surface area (Å²) in [4.78, 5) is 22.6.